The van der Waals surface area contributed by atoms with Crippen LogP contribution in [0.5, 0.6) is 0 Å². The van der Waals surface area contributed by atoms with Gasteiger partial charge in [0.15, 0.2) is 0 Å². The van der Waals surface area contributed by atoms with Crippen LogP contribution in [-0.4, -0.2) is 0 Å². The quantitative estimate of drug-likeness (QED) is 0.304. The Kier molecular flexibility index (Phi) is 10.4. The highest BCUT2D eigenvalue weighted by molar-refractivity contribution is 5.65. The van der Waals surface area contributed by atoms with E-state index in [4.69, 9.17) is 0 Å². The first-order valence-electron chi connectivity index (χ1n) is 11.9. The standard InChI is InChI=1S/C28H42/c1-5-9-11-15-23(7-3)25-17-13-19-27(21-25)28-20-14-18-26(22-28)24(8-4)16-12-10-6-2/h13-14,17-24H,5-12,15-16H2,1-4H3. The van der Waals surface area contributed by atoms with Gasteiger partial charge in [0.2, 0.25) is 0 Å². The van der Waals surface area contributed by atoms with Gasteiger partial charge in [-0.3, -0.25) is 0 Å². The van der Waals surface area contributed by atoms with Crippen molar-refractivity contribution in [1.29, 1.82) is 0 Å². The maximum absolute atomic E-state index is 2.46. The molecule has 0 aromatic heterocycles. The summed E-state index contributed by atoms with van der Waals surface area (Å²) in [7, 11) is 0. The Bertz CT molecular complexity index is 610. The molecule has 2 unspecified atom stereocenters. The van der Waals surface area contributed by atoms with E-state index in [-0.39, 0.29) is 0 Å². The number of benzene rings is 2. The predicted octanol–water partition coefficient (Wildman–Crippen LogP) is 9.50. The van der Waals surface area contributed by atoms with E-state index < -0.39 is 0 Å². The molecule has 2 atom stereocenters. The monoisotopic (exact) mass is 378 g/mol. The number of rotatable bonds is 13. The molecule has 0 nitrogen and oxygen atoms in total. The van der Waals surface area contributed by atoms with Crippen LogP contribution >= 0.6 is 0 Å². The van der Waals surface area contributed by atoms with Crippen molar-refractivity contribution in [2.45, 2.75) is 104 Å². The van der Waals surface area contributed by atoms with Crippen LogP contribution in [0.2, 0.25) is 0 Å². The van der Waals surface area contributed by atoms with E-state index in [1.165, 1.54) is 86.5 Å². The Labute approximate surface area is 174 Å². The van der Waals surface area contributed by atoms with Crippen molar-refractivity contribution in [2.24, 2.45) is 0 Å². The Morgan fingerprint density at radius 3 is 1.36 bits per heavy atom. The summed E-state index contributed by atoms with van der Waals surface area (Å²) in [6, 6.07) is 18.7. The predicted molar refractivity (Wildman–Crippen MR) is 126 cm³/mol. The second kappa shape index (κ2) is 12.8. The second-order valence-corrected chi connectivity index (χ2v) is 8.45. The van der Waals surface area contributed by atoms with Gasteiger partial charge in [-0.15, -0.1) is 0 Å². The van der Waals surface area contributed by atoms with Gasteiger partial charge < -0.3 is 0 Å². The first-order valence-corrected chi connectivity index (χ1v) is 11.9. The number of hydrogen-bond donors (Lipinski definition) is 0. The van der Waals surface area contributed by atoms with Crippen molar-refractivity contribution >= 4 is 0 Å². The van der Waals surface area contributed by atoms with Gasteiger partial charge in [0, 0.05) is 0 Å². The van der Waals surface area contributed by atoms with Crippen LogP contribution < -0.4 is 0 Å². The van der Waals surface area contributed by atoms with Crippen molar-refractivity contribution in [1.82, 2.24) is 0 Å². The lowest BCUT2D eigenvalue weighted by molar-refractivity contribution is 0.553. The zero-order valence-corrected chi connectivity index (χ0v) is 18.8. The topological polar surface area (TPSA) is 0 Å². The molecular weight excluding hydrogens is 336 g/mol. The molecule has 2 aromatic carbocycles. The highest BCUT2D eigenvalue weighted by Crippen LogP contribution is 2.32. The van der Waals surface area contributed by atoms with Gasteiger partial charge in [0.05, 0.1) is 0 Å². The largest absolute Gasteiger partial charge is 0.0654 e. The molecule has 0 fully saturated rings. The fourth-order valence-electron chi connectivity index (χ4n) is 4.44. The smallest absolute Gasteiger partial charge is 0.0164 e. The van der Waals surface area contributed by atoms with Gasteiger partial charge in [0.25, 0.3) is 0 Å². The molecule has 0 aliphatic carbocycles. The minimum Gasteiger partial charge on any atom is -0.0654 e. The summed E-state index contributed by atoms with van der Waals surface area (Å²) >= 11 is 0. The van der Waals surface area contributed by atoms with Crippen molar-refractivity contribution in [3.8, 4) is 11.1 Å². The van der Waals surface area contributed by atoms with Gasteiger partial charge >= 0.3 is 0 Å². The summed E-state index contributed by atoms with van der Waals surface area (Å²) < 4.78 is 0. The Hall–Kier alpha value is -1.56. The Morgan fingerprint density at radius 2 is 1.00 bits per heavy atom. The third kappa shape index (κ3) is 6.80. The van der Waals surface area contributed by atoms with E-state index in [9.17, 15) is 0 Å². The second-order valence-electron chi connectivity index (χ2n) is 8.45. The van der Waals surface area contributed by atoms with Crippen LogP contribution in [0.15, 0.2) is 48.5 Å². The SMILES string of the molecule is CCCCCC(CC)c1cccc(-c2cccc(C(CC)CCCCC)c2)c1. The average molecular weight is 379 g/mol. The summed E-state index contributed by atoms with van der Waals surface area (Å²) in [5.41, 5.74) is 5.82. The molecule has 2 rings (SSSR count). The van der Waals surface area contributed by atoms with Crippen LogP contribution in [0.3, 0.4) is 0 Å². The van der Waals surface area contributed by atoms with E-state index in [0.29, 0.717) is 11.8 Å². The van der Waals surface area contributed by atoms with Gasteiger partial charge in [-0.1, -0.05) is 115 Å². The fourth-order valence-corrected chi connectivity index (χ4v) is 4.44. The maximum atomic E-state index is 2.46. The lowest BCUT2D eigenvalue weighted by Crippen LogP contribution is -1.99. The van der Waals surface area contributed by atoms with Gasteiger partial charge in [-0.05, 0) is 59.8 Å². The van der Waals surface area contributed by atoms with Crippen LogP contribution in [-0.2, 0) is 0 Å². The van der Waals surface area contributed by atoms with Crippen LogP contribution in [0, 0.1) is 0 Å². The summed E-state index contributed by atoms with van der Waals surface area (Å²) in [6.07, 6.45) is 13.1. The van der Waals surface area contributed by atoms with Crippen molar-refractivity contribution in [3.63, 3.8) is 0 Å². The summed E-state index contributed by atoms with van der Waals surface area (Å²) in [5.74, 6) is 1.40. The molecule has 28 heavy (non-hydrogen) atoms. The van der Waals surface area contributed by atoms with E-state index >= 15 is 0 Å². The van der Waals surface area contributed by atoms with E-state index in [1.807, 2.05) is 0 Å². The van der Waals surface area contributed by atoms with E-state index in [0.717, 1.165) is 0 Å². The third-order valence-corrected chi connectivity index (χ3v) is 6.35. The molecule has 0 heterocycles. The highest BCUT2D eigenvalue weighted by Gasteiger charge is 2.12. The zero-order valence-electron chi connectivity index (χ0n) is 18.8. The summed E-state index contributed by atoms with van der Waals surface area (Å²) in [6.45, 7) is 9.26. The molecule has 0 amide bonds. The minimum atomic E-state index is 0.701. The average Bonchev–Trinajstić information content (AvgIpc) is 2.75. The summed E-state index contributed by atoms with van der Waals surface area (Å²) in [5, 5.41) is 0. The molecule has 0 bridgehead atoms. The fraction of sp³-hybridized carbons (Fsp3) is 0.571. The molecular formula is C28H42. The lowest BCUT2D eigenvalue weighted by Gasteiger charge is -2.18. The zero-order chi connectivity index (χ0) is 20.2. The van der Waals surface area contributed by atoms with E-state index in [1.54, 1.807) is 0 Å². The van der Waals surface area contributed by atoms with Crippen LogP contribution in [0.1, 0.15) is 115 Å². The van der Waals surface area contributed by atoms with Crippen molar-refractivity contribution in [3.05, 3.63) is 59.7 Å². The third-order valence-electron chi connectivity index (χ3n) is 6.35. The Morgan fingerprint density at radius 1 is 0.571 bits per heavy atom. The molecule has 0 aliphatic rings. The first-order chi connectivity index (χ1) is 13.7. The minimum absolute atomic E-state index is 0.701. The molecule has 0 saturated heterocycles. The molecule has 154 valence electrons. The molecule has 0 radical (unpaired) electrons. The number of unbranched alkanes of at least 4 members (excludes halogenated alkanes) is 4. The van der Waals surface area contributed by atoms with Gasteiger partial charge in [-0.2, -0.15) is 0 Å². The van der Waals surface area contributed by atoms with Crippen LogP contribution in [0.4, 0.5) is 0 Å². The van der Waals surface area contributed by atoms with Gasteiger partial charge in [0.1, 0.15) is 0 Å². The molecule has 0 aliphatic heterocycles. The van der Waals surface area contributed by atoms with Gasteiger partial charge in [-0.25, -0.2) is 0 Å². The number of hydrogen-bond acceptors (Lipinski definition) is 0. The Balaban J connectivity index is 2.18. The lowest BCUT2D eigenvalue weighted by atomic mass is 9.87. The van der Waals surface area contributed by atoms with Crippen LogP contribution in [0.25, 0.3) is 11.1 Å². The summed E-state index contributed by atoms with van der Waals surface area (Å²) in [4.78, 5) is 0. The first kappa shape index (κ1) is 22.7. The highest BCUT2D eigenvalue weighted by atomic mass is 14.2. The van der Waals surface area contributed by atoms with Crippen molar-refractivity contribution < 1.29 is 0 Å². The molecule has 0 N–H and O–H groups in total. The normalized spacial score (nSPS) is 13.4. The molecule has 0 spiro atoms. The molecule has 2 aromatic rings. The maximum Gasteiger partial charge on any atom is -0.0164 e. The van der Waals surface area contributed by atoms with Crippen molar-refractivity contribution in [2.75, 3.05) is 0 Å². The molecule has 0 saturated carbocycles. The van der Waals surface area contributed by atoms with E-state index in [2.05, 4.69) is 76.2 Å². The molecule has 0 heteroatoms.